The molecular weight excluding hydrogens is 506 g/mol. The molecule has 3 aromatic heterocycles. The highest BCUT2D eigenvalue weighted by Crippen LogP contribution is 2.36. The number of aromatic nitrogens is 3. The van der Waals surface area contributed by atoms with Crippen molar-refractivity contribution >= 4 is 38.5 Å². The number of rotatable bonds is 3. The minimum absolute atomic E-state index is 0.0394. The first-order valence-corrected chi connectivity index (χ1v) is 14.5. The Hall–Kier alpha value is -4.39. The summed E-state index contributed by atoms with van der Waals surface area (Å²) in [6.07, 6.45) is 6.28. The Balaban J connectivity index is 1.25. The van der Waals surface area contributed by atoms with Crippen LogP contribution in [0, 0.1) is 6.92 Å². The Bertz CT molecular complexity index is 1980. The average molecular weight is 538 g/mol. The third kappa shape index (κ3) is 3.97. The van der Waals surface area contributed by atoms with Crippen molar-refractivity contribution in [1.82, 2.24) is 24.8 Å². The number of fused-ring (bicyclic) bond motifs is 4. The summed E-state index contributed by atoms with van der Waals surface area (Å²) >= 11 is 0. The molecule has 0 radical (unpaired) electrons. The van der Waals surface area contributed by atoms with Crippen LogP contribution in [0.25, 0.3) is 43.8 Å². The van der Waals surface area contributed by atoms with Gasteiger partial charge in [0.1, 0.15) is 0 Å². The van der Waals surface area contributed by atoms with Gasteiger partial charge in [0.05, 0.1) is 16.7 Å². The summed E-state index contributed by atoms with van der Waals surface area (Å²) in [6, 6.07) is 27.4. The summed E-state index contributed by atoms with van der Waals surface area (Å²) in [5.74, 6) is -0.0394. The van der Waals surface area contributed by atoms with Crippen molar-refractivity contribution < 1.29 is 4.79 Å². The summed E-state index contributed by atoms with van der Waals surface area (Å²) in [7, 11) is 0. The minimum Gasteiger partial charge on any atom is -0.307 e. The van der Waals surface area contributed by atoms with E-state index in [1.807, 2.05) is 67.8 Å². The molecule has 6 aromatic rings. The fourth-order valence-electron chi connectivity index (χ4n) is 7.11. The summed E-state index contributed by atoms with van der Waals surface area (Å²) in [4.78, 5) is 26.3. The molecule has 0 aliphatic carbocycles. The van der Waals surface area contributed by atoms with Crippen molar-refractivity contribution in [3.63, 3.8) is 0 Å². The summed E-state index contributed by atoms with van der Waals surface area (Å²) in [5.41, 5.74) is 6.74. The van der Waals surface area contributed by atoms with Gasteiger partial charge in [-0.05, 0) is 85.1 Å². The Labute approximate surface area is 238 Å². The highest BCUT2D eigenvalue weighted by atomic mass is 16.2. The van der Waals surface area contributed by atoms with Crippen LogP contribution in [0.1, 0.15) is 40.5 Å². The third-order valence-electron chi connectivity index (χ3n) is 9.02. The van der Waals surface area contributed by atoms with Crippen LogP contribution in [0.15, 0.2) is 91.3 Å². The first-order chi connectivity index (χ1) is 20.2. The van der Waals surface area contributed by atoms with Gasteiger partial charge in [-0.15, -0.1) is 0 Å². The summed E-state index contributed by atoms with van der Waals surface area (Å²) in [6.45, 7) is 5.28. The van der Waals surface area contributed by atoms with E-state index < -0.39 is 0 Å². The van der Waals surface area contributed by atoms with Crippen LogP contribution >= 0.6 is 0 Å². The van der Waals surface area contributed by atoms with Crippen molar-refractivity contribution in [3.8, 4) is 11.3 Å². The van der Waals surface area contributed by atoms with Crippen LogP contribution in [0.4, 0.5) is 0 Å². The molecule has 2 fully saturated rings. The Kier molecular flexibility index (Phi) is 5.72. The zero-order chi connectivity index (χ0) is 27.5. The lowest BCUT2D eigenvalue weighted by atomic mass is 9.92. The van der Waals surface area contributed by atoms with Crippen molar-refractivity contribution in [2.75, 3.05) is 19.6 Å². The number of benzene rings is 3. The third-order valence-corrected chi connectivity index (χ3v) is 9.02. The van der Waals surface area contributed by atoms with E-state index in [1.165, 1.54) is 24.9 Å². The predicted molar refractivity (Wildman–Crippen MR) is 164 cm³/mol. The largest absolute Gasteiger partial charge is 0.307 e. The molecule has 1 unspecified atom stereocenters. The Morgan fingerprint density at radius 3 is 2.73 bits per heavy atom. The number of hydrogen-bond donors (Lipinski definition) is 1. The second-order valence-corrected chi connectivity index (χ2v) is 11.4. The molecule has 2 saturated heterocycles. The van der Waals surface area contributed by atoms with E-state index in [9.17, 15) is 4.79 Å². The maximum atomic E-state index is 14.2. The molecule has 0 amide bonds. The molecule has 41 heavy (non-hydrogen) atoms. The second kappa shape index (κ2) is 9.61. The van der Waals surface area contributed by atoms with Crippen LogP contribution in [0.2, 0.25) is 0 Å². The van der Waals surface area contributed by atoms with E-state index >= 15 is 0 Å². The number of nitrogens with one attached hydrogen (secondary N) is 1. The van der Waals surface area contributed by atoms with Gasteiger partial charge < -0.3 is 5.32 Å². The van der Waals surface area contributed by atoms with Gasteiger partial charge in [-0.25, -0.2) is 0 Å². The van der Waals surface area contributed by atoms with Crippen LogP contribution in [-0.2, 0) is 0 Å². The van der Waals surface area contributed by atoms with Crippen LogP contribution in [0.3, 0.4) is 0 Å². The van der Waals surface area contributed by atoms with E-state index in [0.29, 0.717) is 11.6 Å². The lowest BCUT2D eigenvalue weighted by Gasteiger charge is -2.38. The van der Waals surface area contributed by atoms with Crippen molar-refractivity contribution in [1.29, 1.82) is 0 Å². The molecule has 2 atom stereocenters. The fourth-order valence-corrected chi connectivity index (χ4v) is 7.11. The molecule has 2 aliphatic rings. The molecule has 0 spiro atoms. The highest BCUT2D eigenvalue weighted by molar-refractivity contribution is 6.13. The molecule has 8 rings (SSSR count). The van der Waals surface area contributed by atoms with Crippen molar-refractivity contribution in [2.45, 2.75) is 31.8 Å². The second-order valence-electron chi connectivity index (χ2n) is 11.4. The number of carbonyl (C=O) groups excluding carboxylic acids is 1. The van der Waals surface area contributed by atoms with E-state index in [0.717, 1.165) is 62.6 Å². The molecule has 0 saturated carbocycles. The standard InChI is InChI=1S/C35H31N5O/c1-22-6-2-11-30(38-22)26-9-3-8-25-24(26)7-4-10-28(25)35(41)40-18-14-23-20-31-29(21-33(23)40)27(13-15-36-31)34-32-12-5-17-39(32)19-16-37-34/h2-4,6-11,13-15,18,20-21,32,34,37H,5,12,16-17,19H2,1H3/t32-,34?/m0/s1. The number of carbonyl (C=O) groups is 1. The first-order valence-electron chi connectivity index (χ1n) is 14.5. The van der Waals surface area contributed by atoms with Gasteiger partial charge in [-0.1, -0.05) is 36.4 Å². The molecule has 6 heteroatoms. The molecule has 6 nitrogen and oxygen atoms in total. The van der Waals surface area contributed by atoms with Crippen LogP contribution < -0.4 is 5.32 Å². The average Bonchev–Trinajstić information content (AvgIpc) is 3.66. The molecular formula is C35H31N5O. The van der Waals surface area contributed by atoms with E-state index in [1.54, 1.807) is 4.57 Å². The maximum absolute atomic E-state index is 14.2. The SMILES string of the molecule is Cc1cccc(-c2cccc3c(C(=O)n4ccc5cc6nccc(C7NCCN8CCC[C@@H]78)c6cc54)cccc23)n1. The number of hydrogen-bond acceptors (Lipinski definition) is 5. The first kappa shape index (κ1) is 24.4. The topological polar surface area (TPSA) is 63.1 Å². The zero-order valence-corrected chi connectivity index (χ0v) is 23.0. The van der Waals surface area contributed by atoms with Crippen LogP contribution in [-0.4, -0.2) is 51.0 Å². The van der Waals surface area contributed by atoms with Gasteiger partial charge >= 0.3 is 0 Å². The number of aryl methyl sites for hydroxylation is 1. The highest BCUT2D eigenvalue weighted by Gasteiger charge is 2.36. The Morgan fingerprint density at radius 1 is 0.927 bits per heavy atom. The van der Waals surface area contributed by atoms with Crippen LogP contribution in [0.5, 0.6) is 0 Å². The molecule has 202 valence electrons. The van der Waals surface area contributed by atoms with Crippen molar-refractivity contribution in [3.05, 3.63) is 108 Å². The fraction of sp³-hybridized carbons (Fsp3) is 0.229. The number of piperazine rings is 1. The van der Waals surface area contributed by atoms with Gasteiger partial charge in [0.2, 0.25) is 0 Å². The van der Waals surface area contributed by atoms with Gasteiger partial charge in [0, 0.05) is 65.2 Å². The molecule has 5 heterocycles. The normalized spacial score (nSPS) is 19.2. The number of nitrogens with zero attached hydrogens (tertiary/aromatic N) is 4. The van der Waals surface area contributed by atoms with Gasteiger partial charge in [-0.3, -0.25) is 24.2 Å². The maximum Gasteiger partial charge on any atom is 0.262 e. The Morgan fingerprint density at radius 2 is 1.80 bits per heavy atom. The quantitative estimate of drug-likeness (QED) is 0.279. The minimum atomic E-state index is -0.0394. The number of pyridine rings is 2. The molecule has 3 aromatic carbocycles. The smallest absolute Gasteiger partial charge is 0.262 e. The van der Waals surface area contributed by atoms with E-state index in [4.69, 9.17) is 9.97 Å². The van der Waals surface area contributed by atoms with E-state index in [2.05, 4.69) is 40.5 Å². The van der Waals surface area contributed by atoms with Gasteiger partial charge in [-0.2, -0.15) is 0 Å². The van der Waals surface area contributed by atoms with E-state index in [-0.39, 0.29) is 11.9 Å². The molecule has 2 aliphatic heterocycles. The van der Waals surface area contributed by atoms with Crippen molar-refractivity contribution in [2.24, 2.45) is 0 Å². The van der Waals surface area contributed by atoms with Gasteiger partial charge in [0.25, 0.3) is 5.91 Å². The summed E-state index contributed by atoms with van der Waals surface area (Å²) in [5, 5.41) is 7.88. The molecule has 1 N–H and O–H groups in total. The van der Waals surface area contributed by atoms with Gasteiger partial charge in [0.15, 0.2) is 0 Å². The summed E-state index contributed by atoms with van der Waals surface area (Å²) < 4.78 is 1.80. The lowest BCUT2D eigenvalue weighted by Crippen LogP contribution is -2.49. The zero-order valence-electron chi connectivity index (χ0n) is 23.0. The predicted octanol–water partition coefficient (Wildman–Crippen LogP) is 6.51. The lowest BCUT2D eigenvalue weighted by molar-refractivity contribution is 0.0966. The molecule has 0 bridgehead atoms. The monoisotopic (exact) mass is 537 g/mol.